The van der Waals surface area contributed by atoms with Crippen molar-refractivity contribution >= 4 is 7.68 Å². The van der Waals surface area contributed by atoms with Crippen LogP contribution < -0.4 is 0 Å². The predicted octanol–water partition coefficient (Wildman–Crippen LogP) is 3.77. The quantitative estimate of drug-likeness (QED) is 0.457. The van der Waals surface area contributed by atoms with Crippen molar-refractivity contribution in [3.63, 3.8) is 0 Å². The van der Waals surface area contributed by atoms with E-state index in [9.17, 15) is 8.76 Å². The average Bonchev–Trinajstić information content (AvgIpc) is 1.94. The van der Waals surface area contributed by atoms with Crippen LogP contribution in [0, 0.1) is 0 Å². The minimum absolute atomic E-state index is 0.286. The van der Waals surface area contributed by atoms with Gasteiger partial charge in [0.1, 0.15) is 0 Å². The molecule has 0 amide bonds. The van der Waals surface area contributed by atoms with E-state index in [1.807, 2.05) is 0 Å². The summed E-state index contributed by atoms with van der Waals surface area (Å²) in [5, 5.41) is 0. The van der Waals surface area contributed by atoms with E-state index in [0.29, 0.717) is 0 Å². The van der Waals surface area contributed by atoms with Gasteiger partial charge in [-0.15, -0.1) is 0 Å². The van der Waals surface area contributed by atoms with Crippen molar-refractivity contribution in [2.24, 2.45) is 0 Å². The fraction of sp³-hybridized carbons (Fsp3) is 1.00. The van der Waals surface area contributed by atoms with Crippen LogP contribution in [0.2, 0.25) is 0 Å². The van der Waals surface area contributed by atoms with Crippen LogP contribution in [0.1, 0.15) is 39.0 Å². The van der Waals surface area contributed by atoms with E-state index in [1.54, 1.807) is 0 Å². The van der Waals surface area contributed by atoms with Crippen molar-refractivity contribution in [2.45, 2.75) is 39.0 Å². The summed E-state index contributed by atoms with van der Waals surface area (Å²) < 4.78 is 27.2. The van der Waals surface area contributed by atoms with Crippen LogP contribution in [0.4, 0.5) is 4.20 Å². The lowest BCUT2D eigenvalue weighted by atomic mass is 10.2. The molecule has 4 heteroatoms. The summed E-state index contributed by atoms with van der Waals surface area (Å²) in [5.41, 5.74) is 0. The van der Waals surface area contributed by atoms with Crippen LogP contribution in [0.25, 0.3) is 0 Å². The molecule has 0 aliphatic heterocycles. The second kappa shape index (κ2) is 6.62. The lowest BCUT2D eigenvalue weighted by molar-refractivity contribution is 0.282. The van der Waals surface area contributed by atoms with Crippen molar-refractivity contribution < 1.29 is 13.3 Å². The van der Waals surface area contributed by atoms with Crippen molar-refractivity contribution in [3.05, 3.63) is 0 Å². The minimum atomic E-state index is -3.72. The second-order valence-electron chi connectivity index (χ2n) is 2.99. The first kappa shape index (κ1) is 12.1. The van der Waals surface area contributed by atoms with Gasteiger partial charge in [0.2, 0.25) is 0 Å². The van der Waals surface area contributed by atoms with E-state index in [0.717, 1.165) is 25.9 Å². The number of hydrogen-bond donors (Lipinski definition) is 0. The Balaban J connectivity index is 3.06. The van der Waals surface area contributed by atoms with E-state index < -0.39 is 7.68 Å². The molecule has 0 radical (unpaired) electrons. The molecule has 0 rings (SSSR count). The number of unbranched alkanes of at least 4 members (excludes halogenated alkanes) is 4. The SMILES string of the molecule is CCCCCCCOP(C)(=O)F. The Morgan fingerprint density at radius 3 is 2.33 bits per heavy atom. The molecule has 1 atom stereocenters. The van der Waals surface area contributed by atoms with Crippen molar-refractivity contribution in [3.8, 4) is 0 Å². The summed E-state index contributed by atoms with van der Waals surface area (Å²) in [7, 11) is -3.72. The molecule has 0 N–H and O–H groups in total. The minimum Gasteiger partial charge on any atom is -0.306 e. The summed E-state index contributed by atoms with van der Waals surface area (Å²) in [6.45, 7) is 3.42. The molecule has 1 unspecified atom stereocenters. The molecule has 0 heterocycles. The van der Waals surface area contributed by atoms with Crippen molar-refractivity contribution in [2.75, 3.05) is 13.3 Å². The van der Waals surface area contributed by atoms with Gasteiger partial charge in [-0.2, -0.15) is 4.20 Å². The van der Waals surface area contributed by atoms with Gasteiger partial charge in [0, 0.05) is 6.66 Å². The van der Waals surface area contributed by atoms with Gasteiger partial charge in [-0.25, -0.2) is 0 Å². The third kappa shape index (κ3) is 10.1. The third-order valence-corrected chi connectivity index (χ3v) is 2.21. The van der Waals surface area contributed by atoms with Crippen LogP contribution in [0.15, 0.2) is 0 Å². The summed E-state index contributed by atoms with van der Waals surface area (Å²) >= 11 is 0. The van der Waals surface area contributed by atoms with Gasteiger partial charge in [0.05, 0.1) is 6.61 Å². The van der Waals surface area contributed by atoms with Gasteiger partial charge in [-0.05, 0) is 6.42 Å². The first-order valence-corrected chi connectivity index (χ1v) is 6.44. The van der Waals surface area contributed by atoms with Gasteiger partial charge < -0.3 is 4.52 Å². The monoisotopic (exact) mass is 196 g/mol. The van der Waals surface area contributed by atoms with Gasteiger partial charge in [-0.1, -0.05) is 32.6 Å². The van der Waals surface area contributed by atoms with E-state index in [-0.39, 0.29) is 6.61 Å². The summed E-state index contributed by atoms with van der Waals surface area (Å²) in [6.07, 6.45) is 5.39. The molecule has 0 aliphatic carbocycles. The highest BCUT2D eigenvalue weighted by molar-refractivity contribution is 7.52. The summed E-state index contributed by atoms with van der Waals surface area (Å²) in [6, 6.07) is 0. The molecule has 0 aromatic heterocycles. The molecule has 0 fully saturated rings. The fourth-order valence-corrected chi connectivity index (χ4v) is 1.39. The highest BCUT2D eigenvalue weighted by Crippen LogP contribution is 2.43. The topological polar surface area (TPSA) is 26.3 Å². The van der Waals surface area contributed by atoms with Crippen LogP contribution in [-0.2, 0) is 9.09 Å². The lowest BCUT2D eigenvalue weighted by Crippen LogP contribution is -1.89. The Kier molecular flexibility index (Phi) is 6.68. The molecule has 12 heavy (non-hydrogen) atoms. The first-order chi connectivity index (χ1) is 5.56. The molecular weight excluding hydrogens is 178 g/mol. The average molecular weight is 196 g/mol. The predicted molar refractivity (Wildman–Crippen MR) is 49.3 cm³/mol. The maximum atomic E-state index is 12.3. The van der Waals surface area contributed by atoms with Gasteiger partial charge in [0.25, 0.3) is 0 Å². The zero-order valence-electron chi connectivity index (χ0n) is 7.88. The van der Waals surface area contributed by atoms with Crippen molar-refractivity contribution in [1.82, 2.24) is 0 Å². The Labute approximate surface area is 74.1 Å². The maximum absolute atomic E-state index is 12.3. The number of halogens is 1. The highest BCUT2D eigenvalue weighted by Gasteiger charge is 2.11. The zero-order valence-corrected chi connectivity index (χ0v) is 8.78. The normalized spacial score (nSPS) is 15.9. The first-order valence-electron chi connectivity index (χ1n) is 4.48. The lowest BCUT2D eigenvalue weighted by Gasteiger charge is -2.03. The van der Waals surface area contributed by atoms with Crippen LogP contribution >= 0.6 is 7.68 Å². The molecule has 0 saturated heterocycles. The van der Waals surface area contributed by atoms with Crippen molar-refractivity contribution in [1.29, 1.82) is 0 Å². The smallest absolute Gasteiger partial charge is 0.306 e. The maximum Gasteiger partial charge on any atom is 0.364 e. The third-order valence-electron chi connectivity index (χ3n) is 1.57. The Hall–Kier alpha value is 0.120. The summed E-state index contributed by atoms with van der Waals surface area (Å²) in [5.74, 6) is 0. The molecule has 0 spiro atoms. The van der Waals surface area contributed by atoms with E-state index >= 15 is 0 Å². The second-order valence-corrected chi connectivity index (χ2v) is 4.75. The van der Waals surface area contributed by atoms with Gasteiger partial charge in [-0.3, -0.25) is 4.57 Å². The fourth-order valence-electron chi connectivity index (χ4n) is 0.933. The van der Waals surface area contributed by atoms with Gasteiger partial charge >= 0.3 is 7.68 Å². The molecule has 0 aliphatic rings. The molecule has 2 nitrogen and oxygen atoms in total. The molecule has 0 aromatic carbocycles. The summed E-state index contributed by atoms with van der Waals surface area (Å²) in [4.78, 5) is 0. The number of hydrogen-bond acceptors (Lipinski definition) is 2. The van der Waals surface area contributed by atoms with E-state index in [1.165, 1.54) is 12.8 Å². The van der Waals surface area contributed by atoms with Crippen LogP contribution in [0.3, 0.4) is 0 Å². The Morgan fingerprint density at radius 2 is 1.83 bits per heavy atom. The Morgan fingerprint density at radius 1 is 1.25 bits per heavy atom. The van der Waals surface area contributed by atoms with Crippen LogP contribution in [-0.4, -0.2) is 13.3 Å². The number of rotatable bonds is 7. The van der Waals surface area contributed by atoms with E-state index in [2.05, 4.69) is 11.4 Å². The zero-order chi connectivity index (χ0) is 9.45. The standard InChI is InChI=1S/C8H18FO2P/c1-3-4-5-6-7-8-11-12(2,9)10/h3-8H2,1-2H3. The molecule has 0 bridgehead atoms. The Bertz CT molecular complexity index is 144. The molecule has 0 saturated carbocycles. The molecule has 0 aromatic rings. The van der Waals surface area contributed by atoms with E-state index in [4.69, 9.17) is 0 Å². The van der Waals surface area contributed by atoms with Gasteiger partial charge in [0.15, 0.2) is 0 Å². The van der Waals surface area contributed by atoms with Crippen LogP contribution in [0.5, 0.6) is 0 Å². The highest BCUT2D eigenvalue weighted by atomic mass is 31.2. The molecular formula is C8H18FO2P. The largest absolute Gasteiger partial charge is 0.364 e. The molecule has 74 valence electrons.